The van der Waals surface area contributed by atoms with Crippen LogP contribution in [-0.2, 0) is 0 Å². The van der Waals surface area contributed by atoms with Crippen molar-refractivity contribution in [3.05, 3.63) is 56.5 Å². The molecule has 1 heterocycles. The summed E-state index contributed by atoms with van der Waals surface area (Å²) in [5.74, 6) is -0.279. The molecule has 0 saturated carbocycles. The highest BCUT2D eigenvalue weighted by atomic mass is 35.5. The molecule has 0 atom stereocenters. The SMILES string of the molecule is Cc1cc(F)ccc1-n1c(=S)[nH]c2cc(Cl)c(Cl)cc21. The first-order valence-corrected chi connectivity index (χ1v) is 7.00. The predicted molar refractivity (Wildman–Crippen MR) is 83.2 cm³/mol. The van der Waals surface area contributed by atoms with Gasteiger partial charge in [-0.25, -0.2) is 4.39 Å². The van der Waals surface area contributed by atoms with Crippen LogP contribution in [0, 0.1) is 17.5 Å². The molecule has 3 rings (SSSR count). The molecule has 0 amide bonds. The van der Waals surface area contributed by atoms with Crippen LogP contribution in [0.3, 0.4) is 0 Å². The van der Waals surface area contributed by atoms with Crippen LogP contribution < -0.4 is 0 Å². The van der Waals surface area contributed by atoms with Crippen LogP contribution in [0.2, 0.25) is 10.0 Å². The molecule has 0 aliphatic heterocycles. The molecule has 0 saturated heterocycles. The molecule has 2 nitrogen and oxygen atoms in total. The molecule has 0 aliphatic rings. The standard InChI is InChI=1S/C14H9Cl2FN2S/c1-7-4-8(17)2-3-12(7)19-13-6-10(16)9(15)5-11(13)18-14(19)20/h2-6H,1H3,(H,18,20). The fourth-order valence-electron chi connectivity index (χ4n) is 2.21. The molecule has 3 aromatic rings. The first-order chi connectivity index (χ1) is 9.47. The van der Waals surface area contributed by atoms with E-state index in [-0.39, 0.29) is 5.82 Å². The summed E-state index contributed by atoms with van der Waals surface area (Å²) in [5, 5.41) is 0.903. The molecule has 6 heteroatoms. The van der Waals surface area contributed by atoms with E-state index in [1.165, 1.54) is 12.1 Å². The van der Waals surface area contributed by atoms with Crippen molar-refractivity contribution in [1.29, 1.82) is 0 Å². The summed E-state index contributed by atoms with van der Waals surface area (Å²) in [5.41, 5.74) is 3.18. The Morgan fingerprint density at radius 2 is 1.85 bits per heavy atom. The highest BCUT2D eigenvalue weighted by Crippen LogP contribution is 2.30. The van der Waals surface area contributed by atoms with Gasteiger partial charge in [0.15, 0.2) is 4.77 Å². The molecule has 0 radical (unpaired) electrons. The Hall–Kier alpha value is -1.36. The zero-order chi connectivity index (χ0) is 14.4. The molecule has 0 spiro atoms. The van der Waals surface area contributed by atoms with Crippen LogP contribution in [0.1, 0.15) is 5.56 Å². The highest BCUT2D eigenvalue weighted by Gasteiger charge is 2.11. The molecule has 0 fully saturated rings. The Kier molecular flexibility index (Phi) is 3.32. The average molecular weight is 327 g/mol. The van der Waals surface area contributed by atoms with Gasteiger partial charge in [-0.05, 0) is 55.0 Å². The van der Waals surface area contributed by atoms with Crippen molar-refractivity contribution in [3.63, 3.8) is 0 Å². The number of rotatable bonds is 1. The number of halogens is 3. The van der Waals surface area contributed by atoms with Crippen molar-refractivity contribution in [3.8, 4) is 5.69 Å². The smallest absolute Gasteiger partial charge is 0.182 e. The van der Waals surface area contributed by atoms with Crippen LogP contribution in [0.25, 0.3) is 16.7 Å². The predicted octanol–water partition coefficient (Wildman–Crippen LogP) is 5.44. The van der Waals surface area contributed by atoms with E-state index >= 15 is 0 Å². The quantitative estimate of drug-likeness (QED) is 0.590. The van der Waals surface area contributed by atoms with Gasteiger partial charge >= 0.3 is 0 Å². The van der Waals surface area contributed by atoms with Gasteiger partial charge in [0.25, 0.3) is 0 Å². The average Bonchev–Trinajstić information content (AvgIpc) is 2.66. The third kappa shape index (κ3) is 2.14. The van der Waals surface area contributed by atoms with Crippen molar-refractivity contribution in [2.24, 2.45) is 0 Å². The highest BCUT2D eigenvalue weighted by molar-refractivity contribution is 7.71. The second-order valence-corrected chi connectivity index (χ2v) is 5.68. The largest absolute Gasteiger partial charge is 0.330 e. The second kappa shape index (κ2) is 4.88. The minimum absolute atomic E-state index is 0.279. The lowest BCUT2D eigenvalue weighted by molar-refractivity contribution is 0.626. The lowest BCUT2D eigenvalue weighted by Gasteiger charge is -2.09. The second-order valence-electron chi connectivity index (χ2n) is 4.48. The summed E-state index contributed by atoms with van der Waals surface area (Å²) in [6, 6.07) is 8.03. The Morgan fingerprint density at radius 3 is 2.55 bits per heavy atom. The van der Waals surface area contributed by atoms with Crippen LogP contribution in [0.4, 0.5) is 4.39 Å². The maximum atomic E-state index is 13.2. The minimum Gasteiger partial charge on any atom is -0.330 e. The van der Waals surface area contributed by atoms with Gasteiger partial charge in [-0.1, -0.05) is 23.2 Å². The number of H-pyrrole nitrogens is 1. The van der Waals surface area contributed by atoms with Crippen molar-refractivity contribution in [1.82, 2.24) is 9.55 Å². The van der Waals surface area contributed by atoms with Gasteiger partial charge < -0.3 is 4.98 Å². The number of aromatic amines is 1. The zero-order valence-corrected chi connectivity index (χ0v) is 12.7. The molecule has 2 aromatic carbocycles. The van der Waals surface area contributed by atoms with E-state index in [1.54, 1.807) is 18.2 Å². The maximum absolute atomic E-state index is 13.2. The number of benzene rings is 2. The molecule has 102 valence electrons. The van der Waals surface area contributed by atoms with E-state index in [4.69, 9.17) is 35.4 Å². The Labute approximate surface area is 129 Å². The minimum atomic E-state index is -0.279. The lowest BCUT2D eigenvalue weighted by atomic mass is 10.2. The first-order valence-electron chi connectivity index (χ1n) is 5.83. The number of hydrogen-bond acceptors (Lipinski definition) is 1. The number of aryl methyl sites for hydroxylation is 1. The van der Waals surface area contributed by atoms with Gasteiger partial charge in [-0.15, -0.1) is 0 Å². The Balaban J connectivity index is 2.39. The van der Waals surface area contributed by atoms with Gasteiger partial charge in [0, 0.05) is 0 Å². The van der Waals surface area contributed by atoms with E-state index in [1.807, 2.05) is 11.5 Å². The van der Waals surface area contributed by atoms with E-state index in [2.05, 4.69) is 4.98 Å². The summed E-state index contributed by atoms with van der Waals surface area (Å²) in [7, 11) is 0. The molecule has 0 unspecified atom stereocenters. The number of nitrogens with zero attached hydrogens (tertiary/aromatic N) is 1. The van der Waals surface area contributed by atoms with Gasteiger partial charge in [-0.2, -0.15) is 0 Å². The summed E-state index contributed by atoms with van der Waals surface area (Å²) >= 11 is 17.4. The van der Waals surface area contributed by atoms with Crippen molar-refractivity contribution in [2.75, 3.05) is 0 Å². The van der Waals surface area contributed by atoms with Gasteiger partial charge in [0.1, 0.15) is 5.82 Å². The summed E-state index contributed by atoms with van der Waals surface area (Å²) in [6.45, 7) is 1.83. The third-order valence-electron chi connectivity index (χ3n) is 3.12. The molecular weight excluding hydrogens is 318 g/mol. The van der Waals surface area contributed by atoms with Gasteiger partial charge in [0.05, 0.1) is 26.8 Å². The van der Waals surface area contributed by atoms with Crippen LogP contribution in [0.5, 0.6) is 0 Å². The molecule has 1 aromatic heterocycles. The number of nitrogens with one attached hydrogen (secondary N) is 1. The van der Waals surface area contributed by atoms with Gasteiger partial charge in [0.2, 0.25) is 0 Å². The van der Waals surface area contributed by atoms with Crippen molar-refractivity contribution >= 4 is 46.5 Å². The monoisotopic (exact) mass is 326 g/mol. The number of aromatic nitrogens is 2. The molecule has 20 heavy (non-hydrogen) atoms. The molecule has 0 bridgehead atoms. The topological polar surface area (TPSA) is 20.7 Å². The molecule has 0 aliphatic carbocycles. The lowest BCUT2D eigenvalue weighted by Crippen LogP contribution is -1.97. The van der Waals surface area contributed by atoms with E-state index < -0.39 is 0 Å². The number of hydrogen-bond donors (Lipinski definition) is 1. The van der Waals surface area contributed by atoms with Gasteiger partial charge in [-0.3, -0.25) is 4.57 Å². The van der Waals surface area contributed by atoms with E-state index in [0.717, 1.165) is 22.3 Å². The Bertz CT molecular complexity index is 883. The summed E-state index contributed by atoms with van der Waals surface area (Å²) in [6.07, 6.45) is 0. The van der Waals surface area contributed by atoms with Crippen molar-refractivity contribution in [2.45, 2.75) is 6.92 Å². The number of imidazole rings is 1. The zero-order valence-electron chi connectivity index (χ0n) is 10.4. The first kappa shape index (κ1) is 13.6. The summed E-state index contributed by atoms with van der Waals surface area (Å²) in [4.78, 5) is 3.08. The van der Waals surface area contributed by atoms with Crippen LogP contribution >= 0.6 is 35.4 Å². The number of fused-ring (bicyclic) bond motifs is 1. The maximum Gasteiger partial charge on any atom is 0.182 e. The normalized spacial score (nSPS) is 11.2. The van der Waals surface area contributed by atoms with Crippen LogP contribution in [0.15, 0.2) is 30.3 Å². The Morgan fingerprint density at radius 1 is 1.15 bits per heavy atom. The molecule has 1 N–H and O–H groups in total. The fourth-order valence-corrected chi connectivity index (χ4v) is 2.84. The van der Waals surface area contributed by atoms with E-state index in [0.29, 0.717) is 14.8 Å². The van der Waals surface area contributed by atoms with E-state index in [9.17, 15) is 4.39 Å². The summed E-state index contributed by atoms with van der Waals surface area (Å²) < 4.78 is 15.6. The third-order valence-corrected chi connectivity index (χ3v) is 4.13. The fraction of sp³-hybridized carbons (Fsp3) is 0.0714. The van der Waals surface area contributed by atoms with Crippen molar-refractivity contribution < 1.29 is 4.39 Å². The molecular formula is C14H9Cl2FN2S. The van der Waals surface area contributed by atoms with Crippen LogP contribution in [-0.4, -0.2) is 9.55 Å².